The maximum absolute atomic E-state index is 13.2. The first kappa shape index (κ1) is 19.3. The molecule has 2 aromatic rings. The average Bonchev–Trinajstić information content (AvgIpc) is 2.69. The number of anilines is 1. The lowest BCUT2D eigenvalue weighted by Crippen LogP contribution is -2.44. The van der Waals surface area contributed by atoms with Crippen LogP contribution in [-0.4, -0.2) is 55.2 Å². The van der Waals surface area contributed by atoms with E-state index in [2.05, 4.69) is 10.2 Å². The Bertz CT molecular complexity index is 728. The van der Waals surface area contributed by atoms with Crippen molar-refractivity contribution in [1.82, 2.24) is 9.80 Å². The van der Waals surface area contributed by atoms with Crippen LogP contribution in [0.1, 0.15) is 11.1 Å². The van der Waals surface area contributed by atoms with Crippen molar-refractivity contribution in [1.29, 1.82) is 0 Å². The highest BCUT2D eigenvalue weighted by atomic mass is 19.1. The molecule has 1 N–H and O–H groups in total. The van der Waals surface area contributed by atoms with Crippen LogP contribution in [-0.2, 0) is 11.3 Å². The lowest BCUT2D eigenvalue weighted by Gasteiger charge is -2.30. The normalized spacial score (nSPS) is 14.7. The molecule has 0 spiro atoms. The number of nitrogens with zero attached hydrogens (tertiary/aromatic N) is 2. The summed E-state index contributed by atoms with van der Waals surface area (Å²) in [5, 5.41) is 2.96. The van der Waals surface area contributed by atoms with Gasteiger partial charge >= 0.3 is 6.03 Å². The maximum atomic E-state index is 13.2. The molecule has 1 saturated heterocycles. The van der Waals surface area contributed by atoms with Gasteiger partial charge in [0.05, 0.1) is 13.2 Å². The number of ether oxygens (including phenoxy) is 1. The van der Waals surface area contributed by atoms with Gasteiger partial charge < -0.3 is 15.0 Å². The molecular formula is C21H26FN3O2. The minimum absolute atomic E-state index is 0.156. The Kier molecular flexibility index (Phi) is 6.79. The number of carbonyl (C=O) groups excluding carboxylic acids is 1. The van der Waals surface area contributed by atoms with Crippen LogP contribution in [0.2, 0.25) is 0 Å². The first-order valence-corrected chi connectivity index (χ1v) is 9.27. The largest absolute Gasteiger partial charge is 0.379 e. The monoisotopic (exact) mass is 371 g/mol. The number of amides is 2. The van der Waals surface area contributed by atoms with Crippen LogP contribution in [0.4, 0.5) is 14.9 Å². The fourth-order valence-electron chi connectivity index (χ4n) is 2.99. The Hall–Kier alpha value is -2.44. The summed E-state index contributed by atoms with van der Waals surface area (Å²) in [5.41, 5.74) is 2.81. The molecule has 2 aromatic carbocycles. The predicted molar refractivity (Wildman–Crippen MR) is 104 cm³/mol. The SMILES string of the molecule is Cc1ccc(NC(=O)N(CCN2CCOCC2)Cc2ccc(F)cc2)cc1. The molecule has 0 radical (unpaired) electrons. The first-order valence-electron chi connectivity index (χ1n) is 9.27. The van der Waals surface area contributed by atoms with E-state index in [9.17, 15) is 9.18 Å². The number of morpholine rings is 1. The second-order valence-corrected chi connectivity index (χ2v) is 6.80. The molecule has 5 nitrogen and oxygen atoms in total. The quantitative estimate of drug-likeness (QED) is 0.845. The summed E-state index contributed by atoms with van der Waals surface area (Å²) in [7, 11) is 0. The fourth-order valence-corrected chi connectivity index (χ4v) is 2.99. The number of halogens is 1. The average molecular weight is 371 g/mol. The molecule has 1 fully saturated rings. The van der Waals surface area contributed by atoms with Crippen molar-refractivity contribution in [2.45, 2.75) is 13.5 Å². The fraction of sp³-hybridized carbons (Fsp3) is 0.381. The summed E-state index contributed by atoms with van der Waals surface area (Å²) in [5.74, 6) is -0.275. The van der Waals surface area contributed by atoms with Crippen LogP contribution < -0.4 is 5.32 Å². The molecule has 27 heavy (non-hydrogen) atoms. The minimum atomic E-state index is -0.275. The highest BCUT2D eigenvalue weighted by Crippen LogP contribution is 2.12. The van der Waals surface area contributed by atoms with E-state index in [1.165, 1.54) is 12.1 Å². The summed E-state index contributed by atoms with van der Waals surface area (Å²) in [6.07, 6.45) is 0. The highest BCUT2D eigenvalue weighted by Gasteiger charge is 2.17. The van der Waals surface area contributed by atoms with Crippen molar-refractivity contribution < 1.29 is 13.9 Å². The van der Waals surface area contributed by atoms with Gasteiger partial charge in [0.2, 0.25) is 0 Å². The van der Waals surface area contributed by atoms with Gasteiger partial charge in [0.15, 0.2) is 0 Å². The van der Waals surface area contributed by atoms with Crippen LogP contribution >= 0.6 is 0 Å². The molecule has 2 amide bonds. The van der Waals surface area contributed by atoms with Crippen LogP contribution in [0.3, 0.4) is 0 Å². The maximum Gasteiger partial charge on any atom is 0.322 e. The summed E-state index contributed by atoms with van der Waals surface area (Å²) >= 11 is 0. The highest BCUT2D eigenvalue weighted by molar-refractivity contribution is 5.89. The first-order chi connectivity index (χ1) is 13.1. The molecule has 1 heterocycles. The summed E-state index contributed by atoms with van der Waals surface area (Å²) in [4.78, 5) is 16.9. The molecule has 0 bridgehead atoms. The number of rotatable bonds is 6. The minimum Gasteiger partial charge on any atom is -0.379 e. The lowest BCUT2D eigenvalue weighted by molar-refractivity contribution is 0.0349. The van der Waals surface area contributed by atoms with Gasteiger partial charge in [0.25, 0.3) is 0 Å². The van der Waals surface area contributed by atoms with Crippen molar-refractivity contribution >= 4 is 11.7 Å². The molecule has 6 heteroatoms. The Morgan fingerprint density at radius 1 is 1.11 bits per heavy atom. The topological polar surface area (TPSA) is 44.8 Å². The molecule has 144 valence electrons. The van der Waals surface area contributed by atoms with E-state index >= 15 is 0 Å². The van der Waals surface area contributed by atoms with Gasteiger partial charge in [-0.15, -0.1) is 0 Å². The van der Waals surface area contributed by atoms with Gasteiger partial charge in [0.1, 0.15) is 5.82 Å². The van der Waals surface area contributed by atoms with Crippen molar-refractivity contribution in [3.8, 4) is 0 Å². The molecule has 0 unspecified atom stereocenters. The van der Waals surface area contributed by atoms with Crippen molar-refractivity contribution in [2.24, 2.45) is 0 Å². The van der Waals surface area contributed by atoms with E-state index in [0.717, 1.165) is 49.7 Å². The molecular weight excluding hydrogens is 345 g/mol. The Morgan fingerprint density at radius 3 is 2.44 bits per heavy atom. The lowest BCUT2D eigenvalue weighted by atomic mass is 10.2. The van der Waals surface area contributed by atoms with E-state index in [0.29, 0.717) is 13.1 Å². The van der Waals surface area contributed by atoms with Crippen molar-refractivity contribution in [3.63, 3.8) is 0 Å². The van der Waals surface area contributed by atoms with Crippen LogP contribution in [0.15, 0.2) is 48.5 Å². The van der Waals surface area contributed by atoms with Gasteiger partial charge in [-0.25, -0.2) is 9.18 Å². The molecule has 1 aliphatic heterocycles. The standard InChI is InChI=1S/C21H26FN3O2/c1-17-2-8-20(9-3-17)23-21(26)25(11-10-24-12-14-27-15-13-24)16-18-4-6-19(22)7-5-18/h2-9H,10-16H2,1H3,(H,23,26). The number of benzene rings is 2. The number of hydrogen-bond donors (Lipinski definition) is 1. The number of nitrogens with one attached hydrogen (secondary N) is 1. The Morgan fingerprint density at radius 2 is 1.78 bits per heavy atom. The number of urea groups is 1. The third kappa shape index (κ3) is 6.05. The zero-order valence-electron chi connectivity index (χ0n) is 15.7. The molecule has 3 rings (SSSR count). The van der Waals surface area contributed by atoms with E-state index in [1.807, 2.05) is 31.2 Å². The Balaban J connectivity index is 1.65. The summed E-state index contributed by atoms with van der Waals surface area (Å²) in [6.45, 7) is 7.03. The molecule has 0 aliphatic carbocycles. The van der Waals surface area contributed by atoms with Gasteiger partial charge in [0, 0.05) is 38.4 Å². The molecule has 0 atom stereocenters. The smallest absolute Gasteiger partial charge is 0.322 e. The Labute approximate surface area is 159 Å². The van der Waals surface area contributed by atoms with Crippen molar-refractivity contribution in [2.75, 3.05) is 44.7 Å². The van der Waals surface area contributed by atoms with Crippen LogP contribution in [0.25, 0.3) is 0 Å². The number of aryl methyl sites for hydroxylation is 1. The van der Waals surface area contributed by atoms with Gasteiger partial charge in [-0.05, 0) is 36.8 Å². The van der Waals surface area contributed by atoms with E-state index in [1.54, 1.807) is 17.0 Å². The van der Waals surface area contributed by atoms with Crippen LogP contribution in [0, 0.1) is 12.7 Å². The van der Waals surface area contributed by atoms with Gasteiger partial charge in [-0.1, -0.05) is 29.8 Å². The molecule has 1 aliphatic rings. The van der Waals surface area contributed by atoms with E-state index in [-0.39, 0.29) is 11.8 Å². The van der Waals surface area contributed by atoms with E-state index < -0.39 is 0 Å². The number of hydrogen-bond acceptors (Lipinski definition) is 3. The van der Waals surface area contributed by atoms with Crippen LogP contribution in [0.5, 0.6) is 0 Å². The zero-order valence-corrected chi connectivity index (χ0v) is 15.7. The predicted octanol–water partition coefficient (Wildman–Crippen LogP) is 3.50. The molecule has 0 saturated carbocycles. The van der Waals surface area contributed by atoms with Crippen molar-refractivity contribution in [3.05, 3.63) is 65.5 Å². The van der Waals surface area contributed by atoms with E-state index in [4.69, 9.17) is 4.74 Å². The molecule has 0 aromatic heterocycles. The number of carbonyl (C=O) groups is 1. The third-order valence-corrected chi connectivity index (χ3v) is 4.67. The zero-order chi connectivity index (χ0) is 19.1. The third-order valence-electron chi connectivity index (χ3n) is 4.67. The second-order valence-electron chi connectivity index (χ2n) is 6.80. The van der Waals surface area contributed by atoms with Gasteiger partial charge in [-0.2, -0.15) is 0 Å². The summed E-state index contributed by atoms with van der Waals surface area (Å²) < 4.78 is 18.6. The second kappa shape index (κ2) is 9.48. The summed E-state index contributed by atoms with van der Waals surface area (Å²) in [6, 6.07) is 13.8. The van der Waals surface area contributed by atoms with Gasteiger partial charge in [-0.3, -0.25) is 4.90 Å².